The first kappa shape index (κ1) is 37.4. The molecule has 5 rings (SSSR count). The fourth-order valence-electron chi connectivity index (χ4n) is 5.07. The number of rotatable bonds is 13. The van der Waals surface area contributed by atoms with Gasteiger partial charge in [-0.2, -0.15) is 5.11 Å². The Labute approximate surface area is 300 Å². The van der Waals surface area contributed by atoms with Crippen LogP contribution in [-0.4, -0.2) is 58.1 Å². The fourth-order valence-corrected chi connectivity index (χ4v) is 7.01. The maximum absolute atomic E-state index is 12.8. The third kappa shape index (κ3) is 8.03. The lowest BCUT2D eigenvalue weighted by atomic mass is 10.1. The number of phenolic OH excluding ortho intramolecular Hbond substituents is 2. The summed E-state index contributed by atoms with van der Waals surface area (Å²) in [5.74, 6) is -1.25. The molecule has 0 atom stereocenters. The van der Waals surface area contributed by atoms with E-state index >= 15 is 0 Å². The lowest BCUT2D eigenvalue weighted by Crippen LogP contribution is -2.12. The van der Waals surface area contributed by atoms with Gasteiger partial charge in [-0.3, -0.25) is 4.79 Å². The number of nitrogens with one attached hydrogen (secondary N) is 2. The monoisotopic (exact) mass is 744 g/mol. The maximum Gasteiger partial charge on any atom is 0.255 e. The van der Waals surface area contributed by atoms with Crippen LogP contribution < -0.4 is 15.4 Å². The Balaban J connectivity index is 1.39. The van der Waals surface area contributed by atoms with E-state index in [2.05, 4.69) is 31.1 Å². The first-order chi connectivity index (χ1) is 24.8. The third-order valence-electron chi connectivity index (χ3n) is 7.98. The van der Waals surface area contributed by atoms with E-state index in [4.69, 9.17) is 4.74 Å². The largest absolute Gasteiger partial charge is 0.506 e. The highest BCUT2D eigenvalue weighted by Gasteiger charge is 2.21. The second kappa shape index (κ2) is 15.6. The molecule has 0 unspecified atom stereocenters. The van der Waals surface area contributed by atoms with Gasteiger partial charge in [0.2, 0.25) is 0 Å². The number of amides is 1. The van der Waals surface area contributed by atoms with Crippen LogP contribution in [0.1, 0.15) is 31.1 Å². The van der Waals surface area contributed by atoms with Crippen LogP contribution in [0.3, 0.4) is 0 Å². The number of anilines is 2. The van der Waals surface area contributed by atoms with Crippen LogP contribution in [0, 0.1) is 0 Å². The highest BCUT2D eigenvalue weighted by molar-refractivity contribution is 7.91. The standard InChI is InChI=1S/C36H36N6O8S2/c1-5-37-28-18-17-27-26(16-19-29(35(27)44)40-41-30-20-32(50-4)33(21-31(30)43)52(48,49)7-3)34(28)42-39-24-10-8-22(9-11-24)36(45)38-23-12-14-25(15-13-23)51(46,47)6-2/h8-21,37,43-44H,5-7H2,1-4H3,(H,38,45). The number of hydrogen-bond donors (Lipinski definition) is 4. The Kier molecular flexibility index (Phi) is 11.2. The molecular weight excluding hydrogens is 709 g/mol. The van der Waals surface area contributed by atoms with Crippen molar-refractivity contribution in [1.29, 1.82) is 0 Å². The number of azo groups is 2. The van der Waals surface area contributed by atoms with Gasteiger partial charge < -0.3 is 25.6 Å². The molecule has 1 amide bonds. The van der Waals surface area contributed by atoms with Crippen molar-refractivity contribution in [3.8, 4) is 17.2 Å². The Morgan fingerprint density at radius 1 is 0.731 bits per heavy atom. The lowest BCUT2D eigenvalue weighted by molar-refractivity contribution is 0.102. The fraction of sp³-hybridized carbons (Fsp3) is 0.194. The summed E-state index contributed by atoms with van der Waals surface area (Å²) in [6.45, 7) is 5.55. The van der Waals surface area contributed by atoms with E-state index in [0.29, 0.717) is 45.6 Å². The average molecular weight is 745 g/mol. The first-order valence-corrected chi connectivity index (χ1v) is 19.4. The van der Waals surface area contributed by atoms with Gasteiger partial charge in [0.1, 0.15) is 33.5 Å². The number of phenols is 2. The molecule has 0 bridgehead atoms. The number of methoxy groups -OCH3 is 1. The number of ether oxygens (including phenoxy) is 1. The summed E-state index contributed by atoms with van der Waals surface area (Å²) < 4.78 is 54.2. The van der Waals surface area contributed by atoms with Crippen molar-refractivity contribution in [2.45, 2.75) is 30.6 Å². The summed E-state index contributed by atoms with van der Waals surface area (Å²) >= 11 is 0. The lowest BCUT2D eigenvalue weighted by Gasteiger charge is -2.12. The SMILES string of the molecule is CCNc1ccc2c(O)c(N=Nc3cc(OC)c(S(=O)(=O)CC)cc3O)ccc2c1N=Nc1ccc(C(=O)Nc2ccc(S(=O)(=O)CC)cc2)cc1. The minimum absolute atomic E-state index is 0.00519. The van der Waals surface area contributed by atoms with Gasteiger partial charge in [-0.05, 0) is 79.7 Å². The predicted octanol–water partition coefficient (Wildman–Crippen LogP) is 8.36. The summed E-state index contributed by atoms with van der Waals surface area (Å²) in [5.41, 5.74) is 2.34. The van der Waals surface area contributed by atoms with Crippen LogP contribution in [0.25, 0.3) is 10.8 Å². The highest BCUT2D eigenvalue weighted by atomic mass is 32.2. The number of fused-ring (bicyclic) bond motifs is 1. The van der Waals surface area contributed by atoms with Crippen molar-refractivity contribution in [1.82, 2.24) is 0 Å². The van der Waals surface area contributed by atoms with Gasteiger partial charge >= 0.3 is 0 Å². The van der Waals surface area contributed by atoms with E-state index in [1.807, 2.05) is 6.92 Å². The zero-order valence-electron chi connectivity index (χ0n) is 28.7. The van der Waals surface area contributed by atoms with E-state index < -0.39 is 31.3 Å². The van der Waals surface area contributed by atoms with Crippen LogP contribution >= 0.6 is 0 Å². The zero-order valence-corrected chi connectivity index (χ0v) is 30.3. The van der Waals surface area contributed by atoms with Crippen molar-refractivity contribution >= 4 is 70.5 Å². The van der Waals surface area contributed by atoms with Gasteiger partial charge in [0, 0.05) is 40.7 Å². The van der Waals surface area contributed by atoms with Crippen molar-refractivity contribution in [2.24, 2.45) is 20.5 Å². The molecule has 0 saturated heterocycles. The van der Waals surface area contributed by atoms with E-state index in [1.54, 1.807) is 49.4 Å². The van der Waals surface area contributed by atoms with Gasteiger partial charge in [0.05, 0.1) is 34.9 Å². The Hall–Kier alpha value is -5.87. The average Bonchev–Trinajstić information content (AvgIpc) is 3.14. The van der Waals surface area contributed by atoms with Crippen LogP contribution in [0.15, 0.2) is 115 Å². The highest BCUT2D eigenvalue weighted by Crippen LogP contribution is 2.44. The molecule has 14 nitrogen and oxygen atoms in total. The van der Waals surface area contributed by atoms with Gasteiger partial charge in [0.15, 0.2) is 25.4 Å². The molecule has 5 aromatic carbocycles. The van der Waals surface area contributed by atoms with Gasteiger partial charge in [0.25, 0.3) is 5.91 Å². The molecule has 0 aromatic heterocycles. The smallest absolute Gasteiger partial charge is 0.255 e. The van der Waals surface area contributed by atoms with Crippen molar-refractivity contribution < 1.29 is 36.6 Å². The second-order valence-electron chi connectivity index (χ2n) is 11.2. The van der Waals surface area contributed by atoms with Crippen LogP contribution in [0.2, 0.25) is 0 Å². The molecule has 0 spiro atoms. The van der Waals surface area contributed by atoms with Gasteiger partial charge in [-0.15, -0.1) is 15.3 Å². The molecule has 0 aliphatic carbocycles. The molecule has 0 radical (unpaired) electrons. The normalized spacial score (nSPS) is 12.1. The molecule has 0 heterocycles. The van der Waals surface area contributed by atoms with E-state index in [1.165, 1.54) is 50.4 Å². The molecule has 0 saturated carbocycles. The van der Waals surface area contributed by atoms with E-state index in [-0.39, 0.29) is 44.2 Å². The van der Waals surface area contributed by atoms with Crippen molar-refractivity contribution in [2.75, 3.05) is 35.8 Å². The zero-order chi connectivity index (χ0) is 37.6. The molecule has 270 valence electrons. The molecule has 0 fully saturated rings. The Bertz CT molecular complexity index is 2420. The van der Waals surface area contributed by atoms with Gasteiger partial charge in [-0.1, -0.05) is 13.8 Å². The number of aromatic hydroxyl groups is 2. The summed E-state index contributed by atoms with van der Waals surface area (Å²) in [5, 5.41) is 45.6. The predicted molar refractivity (Wildman–Crippen MR) is 199 cm³/mol. The van der Waals surface area contributed by atoms with Crippen LogP contribution in [0.4, 0.5) is 34.1 Å². The topological polar surface area (TPSA) is 209 Å². The Morgan fingerprint density at radius 3 is 2.02 bits per heavy atom. The number of benzene rings is 5. The number of carbonyl (C=O) groups excluding carboxylic acids is 1. The third-order valence-corrected chi connectivity index (χ3v) is 11.5. The van der Waals surface area contributed by atoms with E-state index in [0.717, 1.165) is 6.07 Å². The summed E-state index contributed by atoms with van der Waals surface area (Å²) in [6, 6.07) is 21.3. The number of nitrogens with zero attached hydrogens (tertiary/aromatic N) is 4. The Morgan fingerprint density at radius 2 is 1.38 bits per heavy atom. The quantitative estimate of drug-likeness (QED) is 0.0853. The molecule has 16 heteroatoms. The first-order valence-electron chi connectivity index (χ1n) is 16.1. The number of carbonyl (C=O) groups is 1. The van der Waals surface area contributed by atoms with Crippen molar-refractivity contribution in [3.63, 3.8) is 0 Å². The van der Waals surface area contributed by atoms with E-state index in [9.17, 15) is 31.8 Å². The van der Waals surface area contributed by atoms with Crippen LogP contribution in [-0.2, 0) is 19.7 Å². The number of sulfone groups is 2. The molecule has 52 heavy (non-hydrogen) atoms. The number of hydrogen-bond acceptors (Lipinski definition) is 13. The minimum Gasteiger partial charge on any atom is -0.506 e. The molecule has 4 N–H and O–H groups in total. The summed E-state index contributed by atoms with van der Waals surface area (Å²) in [7, 11) is -5.73. The molecule has 5 aromatic rings. The molecule has 0 aliphatic rings. The van der Waals surface area contributed by atoms with Crippen molar-refractivity contribution in [3.05, 3.63) is 90.5 Å². The summed E-state index contributed by atoms with van der Waals surface area (Å²) in [6.07, 6.45) is 0. The second-order valence-corrected chi connectivity index (χ2v) is 15.8. The molecule has 0 aliphatic heterocycles. The maximum atomic E-state index is 12.8. The summed E-state index contributed by atoms with van der Waals surface area (Å²) in [4.78, 5) is 12.8. The molecular formula is C36H36N6O8S2. The van der Waals surface area contributed by atoms with Crippen LogP contribution in [0.5, 0.6) is 17.2 Å². The van der Waals surface area contributed by atoms with Gasteiger partial charge in [-0.25, -0.2) is 16.8 Å². The minimum atomic E-state index is -3.68.